The molecule has 1 aromatic heterocycles. The molecule has 2 aromatic carbocycles. The van der Waals surface area contributed by atoms with Gasteiger partial charge >= 0.3 is 0 Å². The van der Waals surface area contributed by atoms with Gasteiger partial charge in [-0.1, -0.05) is 42.7 Å². The largest absolute Gasteiger partial charge is 0.497 e. The zero-order valence-corrected chi connectivity index (χ0v) is 19.3. The summed E-state index contributed by atoms with van der Waals surface area (Å²) in [6.07, 6.45) is 5.58. The van der Waals surface area contributed by atoms with Crippen LogP contribution in [-0.4, -0.2) is 25.0 Å². The first-order valence-corrected chi connectivity index (χ1v) is 11.4. The van der Waals surface area contributed by atoms with Crippen molar-refractivity contribution >= 4 is 17.5 Å². The number of carbonyl (C=O) groups is 2. The van der Waals surface area contributed by atoms with E-state index in [0.717, 1.165) is 36.8 Å². The molecule has 172 valence electrons. The van der Waals surface area contributed by atoms with Crippen LogP contribution in [0, 0.1) is 13.8 Å². The number of nitrogens with zero attached hydrogens (tertiary/aromatic N) is 1. The number of hydrogen-bond donors (Lipinski definition) is 1. The van der Waals surface area contributed by atoms with Crippen molar-refractivity contribution in [2.24, 2.45) is 0 Å². The minimum Gasteiger partial charge on any atom is -0.497 e. The fourth-order valence-electron chi connectivity index (χ4n) is 4.51. The van der Waals surface area contributed by atoms with Crippen LogP contribution in [0.3, 0.4) is 0 Å². The van der Waals surface area contributed by atoms with Crippen molar-refractivity contribution in [2.45, 2.75) is 51.6 Å². The van der Waals surface area contributed by atoms with E-state index in [4.69, 9.17) is 9.15 Å². The van der Waals surface area contributed by atoms with Crippen LogP contribution in [0.4, 0.5) is 5.69 Å². The Morgan fingerprint density at radius 2 is 1.79 bits per heavy atom. The lowest BCUT2D eigenvalue weighted by Gasteiger charge is -2.33. The third-order valence-corrected chi connectivity index (χ3v) is 6.20. The smallest absolute Gasteiger partial charge is 0.294 e. The molecule has 1 heterocycles. The highest BCUT2D eigenvalue weighted by Crippen LogP contribution is 2.34. The Labute approximate surface area is 194 Å². The van der Waals surface area contributed by atoms with Gasteiger partial charge in [0.05, 0.1) is 13.4 Å². The second-order valence-corrected chi connectivity index (χ2v) is 8.61. The number of anilines is 1. The Morgan fingerprint density at radius 3 is 2.39 bits per heavy atom. The molecule has 0 aliphatic heterocycles. The van der Waals surface area contributed by atoms with E-state index in [1.807, 2.05) is 56.3 Å². The number of ether oxygens (including phenoxy) is 1. The van der Waals surface area contributed by atoms with E-state index in [2.05, 4.69) is 5.32 Å². The summed E-state index contributed by atoms with van der Waals surface area (Å²) in [6, 6.07) is 15.7. The minimum absolute atomic E-state index is 0.123. The van der Waals surface area contributed by atoms with Crippen LogP contribution in [0.25, 0.3) is 0 Å². The third kappa shape index (κ3) is 4.95. The molecule has 6 heteroatoms. The maximum Gasteiger partial charge on any atom is 0.294 e. The van der Waals surface area contributed by atoms with E-state index < -0.39 is 6.04 Å². The van der Waals surface area contributed by atoms with Gasteiger partial charge in [-0.05, 0) is 68.1 Å². The number of nitrogens with one attached hydrogen (secondary N) is 1. The van der Waals surface area contributed by atoms with E-state index in [1.165, 1.54) is 6.26 Å². The molecule has 0 radical (unpaired) electrons. The Balaban J connectivity index is 1.83. The molecule has 1 N–H and O–H groups in total. The van der Waals surface area contributed by atoms with Gasteiger partial charge in [0.2, 0.25) is 5.91 Å². The number of aryl methyl sites for hydroxylation is 2. The second-order valence-electron chi connectivity index (χ2n) is 8.61. The third-order valence-electron chi connectivity index (χ3n) is 6.20. The average molecular weight is 447 g/mol. The normalized spacial score (nSPS) is 14.6. The summed E-state index contributed by atoms with van der Waals surface area (Å²) >= 11 is 0. The molecule has 1 saturated carbocycles. The summed E-state index contributed by atoms with van der Waals surface area (Å²) in [6.45, 7) is 3.95. The zero-order valence-electron chi connectivity index (χ0n) is 19.3. The maximum absolute atomic E-state index is 13.8. The Bertz CT molecular complexity index is 1100. The fourth-order valence-corrected chi connectivity index (χ4v) is 4.51. The number of methoxy groups -OCH3 is 1. The van der Waals surface area contributed by atoms with Crippen LogP contribution in [0.1, 0.15) is 59.0 Å². The monoisotopic (exact) mass is 446 g/mol. The Hall–Kier alpha value is -3.54. The SMILES string of the molecule is COc1ccc(C(C(=O)NC2CCCC2)N(C(=O)c2ccco2)c2ccc(C)cc2C)cc1. The van der Waals surface area contributed by atoms with Gasteiger partial charge in [0.1, 0.15) is 11.8 Å². The molecule has 1 atom stereocenters. The molecule has 0 spiro atoms. The lowest BCUT2D eigenvalue weighted by molar-refractivity contribution is -0.123. The van der Waals surface area contributed by atoms with Crippen LogP contribution in [0.5, 0.6) is 5.75 Å². The molecule has 3 aromatic rings. The maximum atomic E-state index is 13.8. The molecule has 4 rings (SSSR count). The van der Waals surface area contributed by atoms with Crippen molar-refractivity contribution in [3.05, 3.63) is 83.3 Å². The second kappa shape index (κ2) is 9.94. The minimum atomic E-state index is -0.865. The van der Waals surface area contributed by atoms with Crippen molar-refractivity contribution in [2.75, 3.05) is 12.0 Å². The van der Waals surface area contributed by atoms with Gasteiger partial charge in [-0.15, -0.1) is 0 Å². The number of carbonyl (C=O) groups excluding carboxylic acids is 2. The number of hydrogen-bond acceptors (Lipinski definition) is 4. The van der Waals surface area contributed by atoms with E-state index in [-0.39, 0.29) is 23.6 Å². The van der Waals surface area contributed by atoms with Crippen LogP contribution >= 0.6 is 0 Å². The lowest BCUT2D eigenvalue weighted by Crippen LogP contribution is -2.46. The van der Waals surface area contributed by atoms with Crippen molar-refractivity contribution in [1.82, 2.24) is 5.32 Å². The predicted octanol–water partition coefficient (Wildman–Crippen LogP) is 5.35. The van der Waals surface area contributed by atoms with Gasteiger partial charge in [-0.2, -0.15) is 0 Å². The Kier molecular flexibility index (Phi) is 6.82. The van der Waals surface area contributed by atoms with Gasteiger partial charge in [-0.3, -0.25) is 14.5 Å². The molecule has 1 aliphatic carbocycles. The van der Waals surface area contributed by atoms with Crippen LogP contribution in [0.15, 0.2) is 65.3 Å². The summed E-state index contributed by atoms with van der Waals surface area (Å²) in [5.41, 5.74) is 3.36. The highest BCUT2D eigenvalue weighted by molar-refractivity contribution is 6.09. The molecule has 0 bridgehead atoms. The van der Waals surface area contributed by atoms with Crippen molar-refractivity contribution < 1.29 is 18.7 Å². The topological polar surface area (TPSA) is 71.8 Å². The van der Waals surface area contributed by atoms with E-state index in [9.17, 15) is 9.59 Å². The van der Waals surface area contributed by atoms with Crippen LogP contribution < -0.4 is 15.0 Å². The van der Waals surface area contributed by atoms with Gasteiger partial charge in [-0.25, -0.2) is 0 Å². The molecule has 1 fully saturated rings. The summed E-state index contributed by atoms with van der Waals surface area (Å²) < 4.78 is 10.8. The van der Waals surface area contributed by atoms with E-state index in [0.29, 0.717) is 17.0 Å². The quantitative estimate of drug-likeness (QED) is 0.531. The van der Waals surface area contributed by atoms with Crippen molar-refractivity contribution in [3.8, 4) is 5.75 Å². The first kappa shape index (κ1) is 22.6. The molecule has 0 saturated heterocycles. The zero-order chi connectivity index (χ0) is 23.4. The van der Waals surface area contributed by atoms with E-state index >= 15 is 0 Å². The lowest BCUT2D eigenvalue weighted by atomic mass is 10.00. The first-order valence-electron chi connectivity index (χ1n) is 11.4. The highest BCUT2D eigenvalue weighted by Gasteiger charge is 2.36. The molecular weight excluding hydrogens is 416 g/mol. The van der Waals surface area contributed by atoms with E-state index in [1.54, 1.807) is 24.1 Å². The van der Waals surface area contributed by atoms with Gasteiger partial charge in [0.25, 0.3) is 5.91 Å². The first-order chi connectivity index (χ1) is 16.0. The van der Waals surface area contributed by atoms with Gasteiger partial charge in [0.15, 0.2) is 5.76 Å². The summed E-state index contributed by atoms with van der Waals surface area (Å²) in [4.78, 5) is 29.1. The molecule has 6 nitrogen and oxygen atoms in total. The number of furan rings is 1. The van der Waals surface area contributed by atoms with Gasteiger partial charge < -0.3 is 14.5 Å². The fraction of sp³-hybridized carbons (Fsp3) is 0.333. The molecule has 2 amide bonds. The summed E-state index contributed by atoms with van der Waals surface area (Å²) in [7, 11) is 1.60. The predicted molar refractivity (Wildman–Crippen MR) is 128 cm³/mol. The number of benzene rings is 2. The molecular formula is C27H30N2O4. The standard InChI is InChI=1S/C27H30N2O4/c1-18-10-15-23(19(2)17-18)29(27(31)24-9-6-16-33-24)25(20-11-13-22(32-3)14-12-20)26(30)28-21-7-4-5-8-21/h6,9-17,21,25H,4-5,7-8H2,1-3H3,(H,28,30). The van der Waals surface area contributed by atoms with Gasteiger partial charge in [0, 0.05) is 11.7 Å². The number of amides is 2. The van der Waals surface area contributed by atoms with Crippen molar-refractivity contribution in [1.29, 1.82) is 0 Å². The molecule has 1 unspecified atom stereocenters. The summed E-state index contributed by atoms with van der Waals surface area (Å²) in [5.74, 6) is 0.299. The Morgan fingerprint density at radius 1 is 1.06 bits per heavy atom. The highest BCUT2D eigenvalue weighted by atomic mass is 16.5. The molecule has 1 aliphatic rings. The summed E-state index contributed by atoms with van der Waals surface area (Å²) in [5, 5.41) is 3.19. The van der Waals surface area contributed by atoms with Crippen molar-refractivity contribution in [3.63, 3.8) is 0 Å². The van der Waals surface area contributed by atoms with Crippen LogP contribution in [0.2, 0.25) is 0 Å². The molecule has 33 heavy (non-hydrogen) atoms. The van der Waals surface area contributed by atoms with Crippen LogP contribution in [-0.2, 0) is 4.79 Å². The average Bonchev–Trinajstić information content (AvgIpc) is 3.52. The number of rotatable bonds is 7.